The van der Waals surface area contributed by atoms with Crippen molar-refractivity contribution in [2.75, 3.05) is 14.2 Å². The predicted molar refractivity (Wildman–Crippen MR) is 80.2 cm³/mol. The SMILES string of the molecule is COCc1cc(=O)c(O)c(C(CC(=O)OC)c2ccsc2)o1. The fraction of sp³-hybridized carbons (Fsp3) is 0.333. The van der Waals surface area contributed by atoms with Gasteiger partial charge in [0.1, 0.15) is 12.4 Å². The highest BCUT2D eigenvalue weighted by atomic mass is 32.1. The maximum atomic E-state index is 11.9. The summed E-state index contributed by atoms with van der Waals surface area (Å²) in [5.74, 6) is -1.23. The molecule has 2 aromatic heterocycles. The summed E-state index contributed by atoms with van der Waals surface area (Å²) in [5, 5.41) is 13.7. The second-order valence-corrected chi connectivity index (χ2v) is 5.39. The minimum absolute atomic E-state index is 0.0415. The van der Waals surface area contributed by atoms with Crippen molar-refractivity contribution in [3.63, 3.8) is 0 Å². The molecule has 1 atom stereocenters. The zero-order chi connectivity index (χ0) is 16.1. The molecule has 0 bridgehead atoms. The van der Waals surface area contributed by atoms with Gasteiger partial charge in [0.2, 0.25) is 11.2 Å². The van der Waals surface area contributed by atoms with Gasteiger partial charge in [-0.15, -0.1) is 0 Å². The van der Waals surface area contributed by atoms with Crippen LogP contribution in [0.1, 0.15) is 29.4 Å². The molecule has 2 heterocycles. The lowest BCUT2D eigenvalue weighted by atomic mass is 9.94. The Kier molecular flexibility index (Phi) is 5.35. The van der Waals surface area contributed by atoms with Crippen molar-refractivity contribution in [2.24, 2.45) is 0 Å². The van der Waals surface area contributed by atoms with Gasteiger partial charge in [-0.2, -0.15) is 11.3 Å². The van der Waals surface area contributed by atoms with Crippen LogP contribution in [0.4, 0.5) is 0 Å². The number of hydrogen-bond donors (Lipinski definition) is 1. The van der Waals surface area contributed by atoms with Gasteiger partial charge in [0.25, 0.3) is 0 Å². The summed E-state index contributed by atoms with van der Waals surface area (Å²) < 4.78 is 15.2. The number of carbonyl (C=O) groups is 1. The van der Waals surface area contributed by atoms with Crippen molar-refractivity contribution >= 4 is 17.3 Å². The Balaban J connectivity index is 2.51. The molecular weight excluding hydrogens is 308 g/mol. The molecule has 0 spiro atoms. The highest BCUT2D eigenvalue weighted by Gasteiger charge is 2.26. The van der Waals surface area contributed by atoms with Crippen molar-refractivity contribution in [3.05, 3.63) is 50.2 Å². The number of ether oxygens (including phenoxy) is 2. The minimum atomic E-state index is -0.594. The highest BCUT2D eigenvalue weighted by molar-refractivity contribution is 7.08. The van der Waals surface area contributed by atoms with Crippen LogP contribution in [-0.2, 0) is 20.9 Å². The number of thiophene rings is 1. The molecule has 0 aliphatic heterocycles. The first-order valence-corrected chi connectivity index (χ1v) is 7.44. The zero-order valence-corrected chi connectivity index (χ0v) is 13.0. The number of esters is 1. The third kappa shape index (κ3) is 3.55. The Morgan fingerprint density at radius 3 is 2.82 bits per heavy atom. The van der Waals surface area contributed by atoms with Crippen LogP contribution in [0.25, 0.3) is 0 Å². The monoisotopic (exact) mass is 324 g/mol. The Morgan fingerprint density at radius 2 is 2.23 bits per heavy atom. The molecule has 118 valence electrons. The molecule has 1 unspecified atom stereocenters. The maximum absolute atomic E-state index is 11.9. The Labute approximate surface area is 130 Å². The Morgan fingerprint density at radius 1 is 1.45 bits per heavy atom. The first kappa shape index (κ1) is 16.3. The lowest BCUT2D eigenvalue weighted by molar-refractivity contribution is -0.140. The molecule has 0 fully saturated rings. The van der Waals surface area contributed by atoms with Crippen molar-refractivity contribution in [3.8, 4) is 5.75 Å². The van der Waals surface area contributed by atoms with E-state index in [0.29, 0.717) is 0 Å². The van der Waals surface area contributed by atoms with Gasteiger partial charge in [-0.1, -0.05) is 0 Å². The van der Waals surface area contributed by atoms with Crippen LogP contribution in [0.15, 0.2) is 32.1 Å². The smallest absolute Gasteiger partial charge is 0.306 e. The molecule has 2 rings (SSSR count). The van der Waals surface area contributed by atoms with Crippen molar-refractivity contribution in [1.82, 2.24) is 0 Å². The fourth-order valence-corrected chi connectivity index (χ4v) is 2.80. The van der Waals surface area contributed by atoms with Gasteiger partial charge in [-0.3, -0.25) is 9.59 Å². The van der Waals surface area contributed by atoms with Crippen LogP contribution in [0.5, 0.6) is 5.75 Å². The molecule has 0 aliphatic rings. The molecule has 22 heavy (non-hydrogen) atoms. The van der Waals surface area contributed by atoms with E-state index in [1.54, 1.807) is 6.07 Å². The van der Waals surface area contributed by atoms with E-state index in [4.69, 9.17) is 9.15 Å². The quantitative estimate of drug-likeness (QED) is 0.820. The predicted octanol–water partition coefficient (Wildman–Crippen LogP) is 2.25. The van der Waals surface area contributed by atoms with Crippen molar-refractivity contribution < 1.29 is 23.8 Å². The standard InChI is InChI=1S/C15H16O6S/c1-19-7-10-5-12(16)14(18)15(21-10)11(6-13(17)20-2)9-3-4-22-8-9/h3-5,8,11,18H,6-7H2,1-2H3. The molecule has 6 nitrogen and oxygen atoms in total. The molecule has 2 aromatic rings. The van der Waals surface area contributed by atoms with E-state index in [1.165, 1.54) is 31.6 Å². The van der Waals surface area contributed by atoms with Crippen LogP contribution < -0.4 is 5.43 Å². The summed E-state index contributed by atoms with van der Waals surface area (Å²) in [6, 6.07) is 2.98. The van der Waals surface area contributed by atoms with E-state index in [1.807, 2.05) is 10.8 Å². The van der Waals surface area contributed by atoms with E-state index >= 15 is 0 Å². The summed E-state index contributed by atoms with van der Waals surface area (Å²) in [6.07, 6.45) is -0.0415. The van der Waals surface area contributed by atoms with E-state index in [2.05, 4.69) is 4.74 Å². The number of carbonyl (C=O) groups excluding carboxylic acids is 1. The van der Waals surface area contributed by atoms with Crippen LogP contribution in [0, 0.1) is 0 Å². The topological polar surface area (TPSA) is 86.0 Å². The van der Waals surface area contributed by atoms with Crippen LogP contribution >= 0.6 is 11.3 Å². The molecular formula is C15H16O6S. The molecule has 0 saturated heterocycles. The van der Waals surface area contributed by atoms with E-state index in [9.17, 15) is 14.7 Å². The van der Waals surface area contributed by atoms with Gasteiger partial charge >= 0.3 is 5.97 Å². The molecule has 1 N–H and O–H groups in total. The number of methoxy groups -OCH3 is 2. The summed E-state index contributed by atoms with van der Waals surface area (Å²) in [5.41, 5.74) is 0.196. The molecule has 0 amide bonds. The largest absolute Gasteiger partial charge is 0.502 e. The Bertz CT molecular complexity index is 689. The normalized spacial score (nSPS) is 12.1. The number of hydrogen-bond acceptors (Lipinski definition) is 7. The average Bonchev–Trinajstić information content (AvgIpc) is 3.02. The molecule has 0 radical (unpaired) electrons. The van der Waals surface area contributed by atoms with Gasteiger partial charge in [0, 0.05) is 13.2 Å². The van der Waals surface area contributed by atoms with Gasteiger partial charge in [-0.25, -0.2) is 0 Å². The molecule has 7 heteroatoms. The van der Waals surface area contributed by atoms with E-state index in [0.717, 1.165) is 5.56 Å². The summed E-state index contributed by atoms with van der Waals surface area (Å²) in [6.45, 7) is 0.0943. The lowest BCUT2D eigenvalue weighted by Gasteiger charge is -2.16. The van der Waals surface area contributed by atoms with Gasteiger partial charge in [0.05, 0.1) is 19.4 Å². The van der Waals surface area contributed by atoms with Crippen LogP contribution in [0.3, 0.4) is 0 Å². The van der Waals surface area contributed by atoms with E-state index < -0.39 is 23.1 Å². The second-order valence-electron chi connectivity index (χ2n) is 4.61. The molecule has 0 aromatic carbocycles. The first-order chi connectivity index (χ1) is 10.6. The third-order valence-electron chi connectivity index (χ3n) is 3.15. The van der Waals surface area contributed by atoms with Gasteiger partial charge in [-0.05, 0) is 22.4 Å². The van der Waals surface area contributed by atoms with Crippen molar-refractivity contribution in [1.29, 1.82) is 0 Å². The second kappa shape index (κ2) is 7.24. The Hall–Kier alpha value is -2.12. The van der Waals surface area contributed by atoms with Gasteiger partial charge < -0.3 is 19.0 Å². The zero-order valence-electron chi connectivity index (χ0n) is 12.2. The van der Waals surface area contributed by atoms with Crippen LogP contribution in [-0.4, -0.2) is 25.3 Å². The molecule has 0 aliphatic carbocycles. The maximum Gasteiger partial charge on any atom is 0.306 e. The first-order valence-electron chi connectivity index (χ1n) is 6.50. The average molecular weight is 324 g/mol. The van der Waals surface area contributed by atoms with Gasteiger partial charge in [0.15, 0.2) is 5.76 Å². The molecule has 0 saturated carbocycles. The van der Waals surface area contributed by atoms with Crippen molar-refractivity contribution in [2.45, 2.75) is 18.9 Å². The lowest BCUT2D eigenvalue weighted by Crippen LogP contribution is -2.13. The van der Waals surface area contributed by atoms with E-state index in [-0.39, 0.29) is 24.5 Å². The summed E-state index contributed by atoms with van der Waals surface area (Å²) >= 11 is 1.44. The third-order valence-corrected chi connectivity index (χ3v) is 3.85. The summed E-state index contributed by atoms with van der Waals surface area (Å²) in [4.78, 5) is 23.5. The minimum Gasteiger partial charge on any atom is -0.502 e. The summed E-state index contributed by atoms with van der Waals surface area (Å²) in [7, 11) is 2.75. The highest BCUT2D eigenvalue weighted by Crippen LogP contribution is 2.34. The number of rotatable bonds is 6. The van der Waals surface area contributed by atoms with Crippen LogP contribution in [0.2, 0.25) is 0 Å². The fourth-order valence-electron chi connectivity index (χ4n) is 2.09. The number of aromatic hydroxyl groups is 1.